The van der Waals surface area contributed by atoms with Crippen molar-refractivity contribution < 1.29 is 19.4 Å². The van der Waals surface area contributed by atoms with Gasteiger partial charge in [-0.25, -0.2) is 4.79 Å². The quantitative estimate of drug-likeness (QED) is 0.325. The Morgan fingerprint density at radius 2 is 2.12 bits per heavy atom. The molecule has 0 spiro atoms. The van der Waals surface area contributed by atoms with E-state index < -0.39 is 17.4 Å². The average molecular weight is 363 g/mol. The molecule has 5 heteroatoms. The Morgan fingerprint density at radius 1 is 1.35 bits per heavy atom. The van der Waals surface area contributed by atoms with Crippen molar-refractivity contribution in [3.63, 3.8) is 0 Å². The molecule has 0 heterocycles. The largest absolute Gasteiger partial charge is 0.508 e. The molecule has 0 bridgehead atoms. The predicted molar refractivity (Wildman–Crippen MR) is 104 cm³/mol. The molecule has 0 aromatic carbocycles. The Hall–Kier alpha value is -2.04. The Morgan fingerprint density at radius 3 is 2.69 bits per heavy atom. The monoisotopic (exact) mass is 363 g/mol. The van der Waals surface area contributed by atoms with Gasteiger partial charge in [-0.2, -0.15) is 0 Å². The SMILES string of the molecule is CCCCCCC=CC1(CC(NC(C)=O)C(=O)OCC)C=CC(O)=CC1. The van der Waals surface area contributed by atoms with Crippen LogP contribution in [-0.4, -0.2) is 29.6 Å². The van der Waals surface area contributed by atoms with Gasteiger partial charge in [0.15, 0.2) is 0 Å². The number of hydrogen-bond donors (Lipinski definition) is 2. The van der Waals surface area contributed by atoms with Crippen molar-refractivity contribution in [3.8, 4) is 0 Å². The van der Waals surface area contributed by atoms with E-state index in [9.17, 15) is 14.7 Å². The average Bonchev–Trinajstić information content (AvgIpc) is 2.60. The van der Waals surface area contributed by atoms with Crippen molar-refractivity contribution in [2.45, 2.75) is 71.8 Å². The smallest absolute Gasteiger partial charge is 0.328 e. The van der Waals surface area contributed by atoms with Gasteiger partial charge in [-0.3, -0.25) is 4.79 Å². The van der Waals surface area contributed by atoms with Gasteiger partial charge in [0.05, 0.1) is 6.61 Å². The number of ether oxygens (including phenoxy) is 1. The van der Waals surface area contributed by atoms with E-state index in [0.29, 0.717) is 12.8 Å². The second kappa shape index (κ2) is 11.6. The van der Waals surface area contributed by atoms with Crippen molar-refractivity contribution >= 4 is 11.9 Å². The fourth-order valence-corrected chi connectivity index (χ4v) is 3.09. The maximum absolute atomic E-state index is 12.3. The summed E-state index contributed by atoms with van der Waals surface area (Å²) in [4.78, 5) is 23.8. The van der Waals surface area contributed by atoms with Crippen molar-refractivity contribution in [1.29, 1.82) is 0 Å². The van der Waals surface area contributed by atoms with Crippen molar-refractivity contribution in [3.05, 3.63) is 36.1 Å². The molecule has 1 aliphatic carbocycles. The van der Waals surface area contributed by atoms with Gasteiger partial charge < -0.3 is 15.2 Å². The number of aliphatic hydroxyl groups excluding tert-OH is 1. The molecule has 1 amide bonds. The highest BCUT2D eigenvalue weighted by Crippen LogP contribution is 2.36. The number of carbonyl (C=O) groups excluding carboxylic acids is 2. The number of allylic oxidation sites excluding steroid dienone is 5. The summed E-state index contributed by atoms with van der Waals surface area (Å²) in [5, 5.41) is 12.4. The first kappa shape index (κ1) is 22.0. The Bertz CT molecular complexity index is 550. The second-order valence-electron chi connectivity index (χ2n) is 6.86. The van der Waals surface area contributed by atoms with Gasteiger partial charge in [0.2, 0.25) is 5.91 Å². The third kappa shape index (κ3) is 7.89. The van der Waals surface area contributed by atoms with Crippen LogP contribution in [-0.2, 0) is 14.3 Å². The molecule has 2 unspecified atom stereocenters. The summed E-state index contributed by atoms with van der Waals surface area (Å²) >= 11 is 0. The molecule has 1 rings (SSSR count). The van der Waals surface area contributed by atoms with E-state index in [1.807, 2.05) is 6.08 Å². The zero-order valence-corrected chi connectivity index (χ0v) is 16.3. The van der Waals surface area contributed by atoms with Gasteiger partial charge in [0.25, 0.3) is 0 Å². The van der Waals surface area contributed by atoms with E-state index in [0.717, 1.165) is 12.8 Å². The highest BCUT2D eigenvalue weighted by molar-refractivity contribution is 5.83. The molecule has 146 valence electrons. The van der Waals surface area contributed by atoms with Crippen LogP contribution in [0.4, 0.5) is 0 Å². The topological polar surface area (TPSA) is 75.6 Å². The highest BCUT2D eigenvalue weighted by atomic mass is 16.5. The summed E-state index contributed by atoms with van der Waals surface area (Å²) in [6.07, 6.45) is 16.3. The van der Waals surface area contributed by atoms with Crippen LogP contribution in [0.1, 0.15) is 65.7 Å². The molecule has 0 fully saturated rings. The number of unbranched alkanes of at least 4 members (excludes halogenated alkanes) is 4. The second-order valence-corrected chi connectivity index (χ2v) is 6.86. The van der Waals surface area contributed by atoms with Gasteiger partial charge >= 0.3 is 5.97 Å². The van der Waals surface area contributed by atoms with Crippen LogP contribution in [0.15, 0.2) is 36.1 Å². The lowest BCUT2D eigenvalue weighted by Gasteiger charge is -2.32. The summed E-state index contributed by atoms with van der Waals surface area (Å²) in [7, 11) is 0. The third-order valence-corrected chi connectivity index (χ3v) is 4.48. The first-order valence-electron chi connectivity index (χ1n) is 9.62. The van der Waals surface area contributed by atoms with Gasteiger partial charge in [-0.15, -0.1) is 0 Å². The summed E-state index contributed by atoms with van der Waals surface area (Å²) in [5.41, 5.74) is -0.420. The lowest BCUT2D eigenvalue weighted by molar-refractivity contribution is -0.147. The van der Waals surface area contributed by atoms with Crippen LogP contribution in [0.25, 0.3) is 0 Å². The normalized spacial score (nSPS) is 20.7. The van der Waals surface area contributed by atoms with E-state index in [4.69, 9.17) is 4.74 Å². The molecule has 26 heavy (non-hydrogen) atoms. The summed E-state index contributed by atoms with van der Waals surface area (Å²) in [5.74, 6) is -0.463. The molecule has 0 radical (unpaired) electrons. The van der Waals surface area contributed by atoms with Crippen LogP contribution in [0, 0.1) is 5.41 Å². The minimum atomic E-state index is -0.713. The molecule has 0 aromatic heterocycles. The number of esters is 1. The molecule has 0 aromatic rings. The number of aliphatic hydroxyl groups is 1. The fraction of sp³-hybridized carbons (Fsp3) is 0.619. The Balaban J connectivity index is 2.86. The van der Waals surface area contributed by atoms with Crippen LogP contribution in [0.5, 0.6) is 0 Å². The van der Waals surface area contributed by atoms with E-state index >= 15 is 0 Å². The maximum atomic E-state index is 12.3. The standard InChI is InChI=1S/C21H33NO4/c1-4-6-7-8-9-10-13-21(14-11-18(24)12-15-21)16-19(22-17(3)23)20(25)26-5-2/h10-14,19,24H,4-9,15-16H2,1-3H3,(H,22,23). The lowest BCUT2D eigenvalue weighted by atomic mass is 9.75. The van der Waals surface area contributed by atoms with Crippen LogP contribution >= 0.6 is 0 Å². The maximum Gasteiger partial charge on any atom is 0.328 e. The molecule has 0 saturated carbocycles. The molecule has 2 N–H and O–H groups in total. The Kier molecular flexibility index (Phi) is 9.78. The molecule has 0 saturated heterocycles. The number of rotatable bonds is 11. The molecular weight excluding hydrogens is 330 g/mol. The number of carbonyl (C=O) groups is 2. The number of amides is 1. The molecule has 0 aliphatic heterocycles. The van der Waals surface area contributed by atoms with Gasteiger partial charge in [-0.1, -0.05) is 44.4 Å². The minimum absolute atomic E-state index is 0.226. The molecule has 2 atom stereocenters. The minimum Gasteiger partial charge on any atom is -0.508 e. The van der Waals surface area contributed by atoms with E-state index in [-0.39, 0.29) is 18.3 Å². The zero-order valence-electron chi connectivity index (χ0n) is 16.3. The van der Waals surface area contributed by atoms with Crippen molar-refractivity contribution in [2.75, 3.05) is 6.61 Å². The Labute approximate surface area is 157 Å². The zero-order chi connectivity index (χ0) is 19.4. The van der Waals surface area contributed by atoms with Crippen LogP contribution in [0.2, 0.25) is 0 Å². The van der Waals surface area contributed by atoms with E-state index in [1.165, 1.54) is 26.2 Å². The molecule has 5 nitrogen and oxygen atoms in total. The fourth-order valence-electron chi connectivity index (χ4n) is 3.09. The number of hydrogen-bond acceptors (Lipinski definition) is 4. The van der Waals surface area contributed by atoms with Gasteiger partial charge in [-0.05, 0) is 44.8 Å². The molecular formula is C21H33NO4. The predicted octanol–water partition coefficient (Wildman–Crippen LogP) is 4.36. The first-order valence-corrected chi connectivity index (χ1v) is 9.62. The van der Waals surface area contributed by atoms with Crippen molar-refractivity contribution in [2.24, 2.45) is 5.41 Å². The molecule has 1 aliphatic rings. The van der Waals surface area contributed by atoms with Gasteiger partial charge in [0.1, 0.15) is 11.8 Å². The summed E-state index contributed by atoms with van der Waals surface area (Å²) in [6.45, 7) is 5.60. The van der Waals surface area contributed by atoms with Crippen LogP contribution in [0.3, 0.4) is 0 Å². The van der Waals surface area contributed by atoms with E-state index in [2.05, 4.69) is 24.4 Å². The third-order valence-electron chi connectivity index (χ3n) is 4.48. The van der Waals surface area contributed by atoms with Gasteiger partial charge in [0, 0.05) is 12.3 Å². The van der Waals surface area contributed by atoms with E-state index in [1.54, 1.807) is 19.1 Å². The van der Waals surface area contributed by atoms with Crippen molar-refractivity contribution in [1.82, 2.24) is 5.32 Å². The van der Waals surface area contributed by atoms with Crippen LogP contribution < -0.4 is 5.32 Å². The number of nitrogens with one attached hydrogen (secondary N) is 1. The summed E-state index contributed by atoms with van der Waals surface area (Å²) in [6, 6.07) is -0.713. The first-order chi connectivity index (χ1) is 12.4. The summed E-state index contributed by atoms with van der Waals surface area (Å²) < 4.78 is 5.12. The lowest BCUT2D eigenvalue weighted by Crippen LogP contribution is -2.44. The highest BCUT2D eigenvalue weighted by Gasteiger charge is 2.33.